The van der Waals surface area contributed by atoms with Crippen LogP contribution in [-0.4, -0.2) is 50.1 Å². The highest BCUT2D eigenvalue weighted by Gasteiger charge is 2.31. The molecule has 0 spiro atoms. The van der Waals surface area contributed by atoms with E-state index in [2.05, 4.69) is 15.6 Å². The summed E-state index contributed by atoms with van der Waals surface area (Å²) in [4.78, 5) is 16.0. The second kappa shape index (κ2) is 10.5. The first kappa shape index (κ1) is 24.3. The number of halogens is 6. The maximum Gasteiger partial charge on any atom is 0.406 e. The molecular formula is C15H20F5IN4O. The molecule has 1 rings (SSSR count). The van der Waals surface area contributed by atoms with E-state index in [0.717, 1.165) is 19.2 Å². The van der Waals surface area contributed by atoms with Gasteiger partial charge in [0.15, 0.2) is 5.96 Å². The van der Waals surface area contributed by atoms with Gasteiger partial charge in [-0.15, -0.1) is 24.0 Å². The summed E-state index contributed by atoms with van der Waals surface area (Å²) in [5, 5.41) is 5.32. The first-order valence-electron chi connectivity index (χ1n) is 7.26. The molecule has 1 aromatic carbocycles. The van der Waals surface area contributed by atoms with Crippen LogP contribution in [0.25, 0.3) is 0 Å². The van der Waals surface area contributed by atoms with Crippen molar-refractivity contribution in [3.05, 3.63) is 35.4 Å². The Morgan fingerprint density at radius 2 is 1.92 bits per heavy atom. The van der Waals surface area contributed by atoms with Crippen LogP contribution in [0.1, 0.15) is 18.5 Å². The number of benzene rings is 1. The Morgan fingerprint density at radius 1 is 1.31 bits per heavy atom. The molecule has 0 fully saturated rings. The number of amides is 1. The molecule has 0 saturated carbocycles. The highest BCUT2D eigenvalue weighted by atomic mass is 127. The van der Waals surface area contributed by atoms with Crippen LogP contribution in [0, 0.1) is 11.6 Å². The van der Waals surface area contributed by atoms with Gasteiger partial charge in [-0.1, -0.05) is 6.07 Å². The topological polar surface area (TPSA) is 56.7 Å². The van der Waals surface area contributed by atoms with Gasteiger partial charge in [0.05, 0.1) is 12.6 Å². The fourth-order valence-electron chi connectivity index (χ4n) is 1.98. The van der Waals surface area contributed by atoms with Crippen molar-refractivity contribution >= 4 is 35.8 Å². The maximum absolute atomic E-state index is 13.7. The summed E-state index contributed by atoms with van der Waals surface area (Å²) in [6.45, 7) is -0.206. The van der Waals surface area contributed by atoms with E-state index in [1.807, 2.05) is 0 Å². The molecule has 0 radical (unpaired) electrons. The van der Waals surface area contributed by atoms with E-state index in [-0.39, 0.29) is 35.5 Å². The predicted molar refractivity (Wildman–Crippen MR) is 98.4 cm³/mol. The molecule has 1 atom stereocenters. The lowest BCUT2D eigenvalue weighted by molar-refractivity contribution is -0.157. The van der Waals surface area contributed by atoms with Crippen molar-refractivity contribution in [1.82, 2.24) is 15.5 Å². The average Bonchev–Trinajstić information content (AvgIpc) is 2.48. The standard InChI is InChI=1S/C15H19F5N4O.HI/c1-9(11-5-4-10(16)6-12(11)17)23-14(21-2)22-7-13(25)24(3)8-15(18,19)20;/h4-6,9H,7-8H2,1-3H3,(H2,21,22,23);1H. The Kier molecular flexibility index (Phi) is 9.81. The van der Waals surface area contributed by atoms with Gasteiger partial charge in [-0.25, -0.2) is 8.78 Å². The number of guanidine groups is 1. The molecule has 0 aromatic heterocycles. The molecule has 0 saturated heterocycles. The zero-order valence-corrected chi connectivity index (χ0v) is 16.7. The Morgan fingerprint density at radius 3 is 2.42 bits per heavy atom. The van der Waals surface area contributed by atoms with Gasteiger partial charge in [-0.05, 0) is 13.0 Å². The van der Waals surface area contributed by atoms with Crippen LogP contribution in [0.2, 0.25) is 0 Å². The van der Waals surface area contributed by atoms with E-state index >= 15 is 0 Å². The van der Waals surface area contributed by atoms with Crippen molar-refractivity contribution in [3.8, 4) is 0 Å². The molecule has 0 aliphatic rings. The quantitative estimate of drug-likeness (QED) is 0.287. The van der Waals surface area contributed by atoms with E-state index < -0.39 is 42.8 Å². The van der Waals surface area contributed by atoms with Crippen LogP contribution >= 0.6 is 24.0 Å². The summed E-state index contributed by atoms with van der Waals surface area (Å²) in [5.74, 6) is -2.17. The molecule has 1 amide bonds. The Balaban J connectivity index is 0.00000625. The van der Waals surface area contributed by atoms with Crippen molar-refractivity contribution < 1.29 is 26.7 Å². The third kappa shape index (κ3) is 8.15. The van der Waals surface area contributed by atoms with Crippen LogP contribution < -0.4 is 10.6 Å². The Hall–Kier alpha value is -1.66. The number of hydrogen-bond donors (Lipinski definition) is 2. The van der Waals surface area contributed by atoms with Gasteiger partial charge < -0.3 is 15.5 Å². The van der Waals surface area contributed by atoms with E-state index in [1.165, 1.54) is 13.1 Å². The fraction of sp³-hybridized carbons (Fsp3) is 0.467. The number of aliphatic imine (C=N–C) groups is 1. The lowest BCUT2D eigenvalue weighted by atomic mass is 10.1. The van der Waals surface area contributed by atoms with Gasteiger partial charge >= 0.3 is 6.18 Å². The molecular weight excluding hydrogens is 474 g/mol. The number of likely N-dealkylation sites (N-methyl/N-ethyl adjacent to an activating group) is 1. The minimum atomic E-state index is -4.49. The second-order valence-electron chi connectivity index (χ2n) is 5.32. The van der Waals surface area contributed by atoms with Crippen LogP contribution in [0.5, 0.6) is 0 Å². The van der Waals surface area contributed by atoms with Crippen LogP contribution in [0.3, 0.4) is 0 Å². The zero-order valence-electron chi connectivity index (χ0n) is 14.3. The monoisotopic (exact) mass is 494 g/mol. The summed E-state index contributed by atoms with van der Waals surface area (Å²) in [5.41, 5.74) is 0.171. The highest BCUT2D eigenvalue weighted by molar-refractivity contribution is 14.0. The van der Waals surface area contributed by atoms with Gasteiger partial charge in [0.25, 0.3) is 0 Å². The van der Waals surface area contributed by atoms with Crippen molar-refractivity contribution in [3.63, 3.8) is 0 Å². The van der Waals surface area contributed by atoms with Gasteiger partial charge in [-0.3, -0.25) is 9.79 Å². The van der Waals surface area contributed by atoms with Crippen molar-refractivity contribution in [1.29, 1.82) is 0 Å². The average molecular weight is 494 g/mol. The van der Waals surface area contributed by atoms with E-state index in [9.17, 15) is 26.7 Å². The summed E-state index contributed by atoms with van der Waals surface area (Å²) in [7, 11) is 2.41. The molecule has 0 bridgehead atoms. The van der Waals surface area contributed by atoms with Gasteiger partial charge in [0.2, 0.25) is 5.91 Å². The van der Waals surface area contributed by atoms with Crippen LogP contribution in [0.15, 0.2) is 23.2 Å². The third-order valence-electron chi connectivity index (χ3n) is 3.26. The Labute approximate surface area is 165 Å². The van der Waals surface area contributed by atoms with Gasteiger partial charge in [-0.2, -0.15) is 13.2 Å². The lowest BCUT2D eigenvalue weighted by Crippen LogP contribution is -2.46. The highest BCUT2D eigenvalue weighted by Crippen LogP contribution is 2.17. The fourth-order valence-corrected chi connectivity index (χ4v) is 1.98. The molecule has 148 valence electrons. The number of alkyl halides is 3. The molecule has 11 heteroatoms. The number of nitrogens with one attached hydrogen (secondary N) is 2. The van der Waals surface area contributed by atoms with Crippen molar-refractivity contribution in [2.24, 2.45) is 4.99 Å². The first-order chi connectivity index (χ1) is 11.5. The first-order valence-corrected chi connectivity index (χ1v) is 7.26. The maximum atomic E-state index is 13.7. The zero-order chi connectivity index (χ0) is 19.2. The van der Waals surface area contributed by atoms with E-state index in [1.54, 1.807) is 6.92 Å². The van der Waals surface area contributed by atoms with Gasteiger partial charge in [0, 0.05) is 25.7 Å². The van der Waals surface area contributed by atoms with Gasteiger partial charge in [0.1, 0.15) is 18.2 Å². The normalized spacial score (nSPS) is 12.8. The number of carbonyl (C=O) groups excluding carboxylic acids is 1. The number of rotatable bonds is 5. The third-order valence-corrected chi connectivity index (χ3v) is 3.26. The molecule has 26 heavy (non-hydrogen) atoms. The number of hydrogen-bond acceptors (Lipinski definition) is 2. The minimum absolute atomic E-state index is 0. The summed E-state index contributed by atoms with van der Waals surface area (Å²) >= 11 is 0. The van der Waals surface area contributed by atoms with Crippen LogP contribution in [0.4, 0.5) is 22.0 Å². The molecule has 0 aliphatic carbocycles. The minimum Gasteiger partial charge on any atom is -0.350 e. The predicted octanol–water partition coefficient (Wildman–Crippen LogP) is 2.83. The number of nitrogens with zero attached hydrogens (tertiary/aromatic N) is 2. The van der Waals surface area contributed by atoms with Crippen molar-refractivity contribution in [2.75, 3.05) is 27.2 Å². The Bertz CT molecular complexity index is 639. The SMILES string of the molecule is CN=C(NCC(=O)N(C)CC(F)(F)F)NC(C)c1ccc(F)cc1F.I. The van der Waals surface area contributed by atoms with E-state index in [4.69, 9.17) is 0 Å². The van der Waals surface area contributed by atoms with Crippen molar-refractivity contribution in [2.45, 2.75) is 19.1 Å². The van der Waals surface area contributed by atoms with E-state index in [0.29, 0.717) is 4.90 Å². The second-order valence-corrected chi connectivity index (χ2v) is 5.32. The lowest BCUT2D eigenvalue weighted by Gasteiger charge is -2.21. The molecule has 2 N–H and O–H groups in total. The molecule has 1 aromatic rings. The largest absolute Gasteiger partial charge is 0.406 e. The van der Waals surface area contributed by atoms with Crippen LogP contribution in [-0.2, 0) is 4.79 Å². The molecule has 0 heterocycles. The molecule has 0 aliphatic heterocycles. The summed E-state index contributed by atoms with van der Waals surface area (Å²) < 4.78 is 63.4. The summed E-state index contributed by atoms with van der Waals surface area (Å²) in [6.07, 6.45) is -4.49. The molecule has 5 nitrogen and oxygen atoms in total. The smallest absolute Gasteiger partial charge is 0.350 e. The summed E-state index contributed by atoms with van der Waals surface area (Å²) in [6, 6.07) is 2.48. The molecule has 1 unspecified atom stereocenters. The number of carbonyl (C=O) groups is 1.